The van der Waals surface area contributed by atoms with Crippen molar-refractivity contribution in [1.82, 2.24) is 4.98 Å². The Kier molecular flexibility index (Phi) is 5.61. The van der Waals surface area contributed by atoms with Crippen LogP contribution in [-0.4, -0.2) is 20.5 Å². The Labute approximate surface area is 164 Å². The minimum Gasteiger partial charge on any atom is -0.497 e. The molecule has 0 bridgehead atoms. The number of ether oxygens (including phenoxy) is 1. The lowest BCUT2D eigenvalue weighted by atomic mass is 10.1. The second-order valence-electron chi connectivity index (χ2n) is 5.82. The first-order valence-electron chi connectivity index (χ1n) is 7.94. The van der Waals surface area contributed by atoms with E-state index >= 15 is 0 Å². The van der Waals surface area contributed by atoms with Gasteiger partial charge >= 0.3 is 0 Å². The third-order valence-corrected chi connectivity index (χ3v) is 6.70. The zero-order valence-electron chi connectivity index (χ0n) is 14.8. The fraction of sp³-hybridized carbons (Fsp3) is 0.167. The van der Waals surface area contributed by atoms with Gasteiger partial charge in [0, 0.05) is 23.7 Å². The molecule has 0 atom stereocenters. The van der Waals surface area contributed by atoms with Crippen LogP contribution in [0.25, 0.3) is 0 Å². The number of rotatable bonds is 6. The first kappa shape index (κ1) is 20.2. The second-order valence-corrected chi connectivity index (χ2v) is 8.52. The zero-order chi connectivity index (χ0) is 20.5. The lowest BCUT2D eigenvalue weighted by Crippen LogP contribution is -2.31. The molecule has 1 aromatic heterocycles. The molecular weight excluding hydrogens is 413 g/mol. The molecule has 0 aliphatic carbocycles. The normalized spacial score (nSPS) is 11.5. The Balaban J connectivity index is 2.10. The summed E-state index contributed by atoms with van der Waals surface area (Å²) in [5.41, 5.74) is 1.35. The van der Waals surface area contributed by atoms with Crippen molar-refractivity contribution in [3.05, 3.63) is 70.5 Å². The van der Waals surface area contributed by atoms with Crippen LogP contribution in [0.1, 0.15) is 11.1 Å². The average Bonchev–Trinajstić information content (AvgIpc) is 3.17. The monoisotopic (exact) mass is 428 g/mol. The number of aryl methyl sites for hydroxylation is 1. The van der Waals surface area contributed by atoms with Crippen LogP contribution in [0.4, 0.5) is 18.3 Å². The lowest BCUT2D eigenvalue weighted by molar-refractivity contribution is 0.414. The van der Waals surface area contributed by atoms with E-state index in [4.69, 9.17) is 4.74 Å². The van der Waals surface area contributed by atoms with Gasteiger partial charge < -0.3 is 4.74 Å². The van der Waals surface area contributed by atoms with Crippen LogP contribution in [0.3, 0.4) is 0 Å². The Morgan fingerprint density at radius 2 is 1.82 bits per heavy atom. The number of hydrogen-bond acceptors (Lipinski definition) is 5. The first-order valence-corrected chi connectivity index (χ1v) is 10.3. The molecule has 0 aliphatic heterocycles. The molecule has 0 N–H and O–H groups in total. The van der Waals surface area contributed by atoms with Gasteiger partial charge in [0.2, 0.25) is 0 Å². The molecule has 0 unspecified atom stereocenters. The standard InChI is InChI=1S/C18H15F3N2O3S2/c1-11-7-13(26-2)4-3-12(11)10-23(18-22-5-6-27-18)28(24,25)17-9-15(20)14(19)8-16(17)21/h3-9H,10H2,1-2H3. The van der Waals surface area contributed by atoms with Crippen molar-refractivity contribution >= 4 is 26.5 Å². The molecule has 1 heterocycles. The highest BCUT2D eigenvalue weighted by atomic mass is 32.2. The minimum atomic E-state index is -4.56. The van der Waals surface area contributed by atoms with Crippen molar-refractivity contribution in [2.45, 2.75) is 18.4 Å². The molecule has 28 heavy (non-hydrogen) atoms. The third-order valence-electron chi connectivity index (χ3n) is 4.04. The van der Waals surface area contributed by atoms with Crippen LogP contribution in [0.5, 0.6) is 5.75 Å². The van der Waals surface area contributed by atoms with Gasteiger partial charge in [0.1, 0.15) is 16.5 Å². The predicted molar refractivity (Wildman–Crippen MR) is 99.5 cm³/mol. The van der Waals surface area contributed by atoms with Gasteiger partial charge in [0.05, 0.1) is 13.7 Å². The van der Waals surface area contributed by atoms with Crippen LogP contribution in [-0.2, 0) is 16.6 Å². The molecule has 3 aromatic rings. The molecule has 0 saturated heterocycles. The number of halogens is 3. The van der Waals surface area contributed by atoms with Gasteiger partial charge in [-0.05, 0) is 30.2 Å². The maximum absolute atomic E-state index is 14.2. The molecular formula is C18H15F3N2O3S2. The maximum Gasteiger partial charge on any atom is 0.269 e. The highest BCUT2D eigenvalue weighted by molar-refractivity contribution is 7.93. The average molecular weight is 428 g/mol. The Bertz CT molecular complexity index is 1100. The SMILES string of the molecule is COc1ccc(CN(c2nccs2)S(=O)(=O)c2cc(F)c(F)cc2F)c(C)c1. The molecule has 0 saturated carbocycles. The summed E-state index contributed by atoms with van der Waals surface area (Å²) in [6.45, 7) is 1.59. The number of nitrogens with zero attached hydrogens (tertiary/aromatic N) is 2. The van der Waals surface area contributed by atoms with Gasteiger partial charge in [-0.15, -0.1) is 11.3 Å². The molecule has 2 aromatic carbocycles. The van der Waals surface area contributed by atoms with Gasteiger partial charge in [0.15, 0.2) is 16.8 Å². The summed E-state index contributed by atoms with van der Waals surface area (Å²) in [5, 5.41) is 1.62. The number of aromatic nitrogens is 1. The fourth-order valence-corrected chi connectivity index (χ4v) is 4.87. The summed E-state index contributed by atoms with van der Waals surface area (Å²) in [7, 11) is -3.05. The number of hydrogen-bond donors (Lipinski definition) is 0. The summed E-state index contributed by atoms with van der Waals surface area (Å²) < 4.78 is 73.2. The van der Waals surface area contributed by atoms with E-state index in [0.29, 0.717) is 17.4 Å². The van der Waals surface area contributed by atoms with Crippen molar-refractivity contribution in [2.24, 2.45) is 0 Å². The van der Waals surface area contributed by atoms with E-state index in [1.807, 2.05) is 0 Å². The molecule has 148 valence electrons. The van der Waals surface area contributed by atoms with Crippen molar-refractivity contribution in [1.29, 1.82) is 0 Å². The topological polar surface area (TPSA) is 59.5 Å². The summed E-state index contributed by atoms with van der Waals surface area (Å²) in [5.74, 6) is -3.72. The van der Waals surface area contributed by atoms with Gasteiger partial charge in [-0.25, -0.2) is 30.9 Å². The summed E-state index contributed by atoms with van der Waals surface area (Å²) >= 11 is 1.02. The van der Waals surface area contributed by atoms with Gasteiger partial charge in [-0.3, -0.25) is 0 Å². The molecule has 0 aliphatic rings. The smallest absolute Gasteiger partial charge is 0.269 e. The lowest BCUT2D eigenvalue weighted by Gasteiger charge is -2.23. The van der Waals surface area contributed by atoms with Crippen LogP contribution in [0, 0.1) is 24.4 Å². The number of methoxy groups -OCH3 is 1. The van der Waals surface area contributed by atoms with E-state index in [9.17, 15) is 21.6 Å². The Hall–Kier alpha value is -2.59. The van der Waals surface area contributed by atoms with Crippen molar-refractivity contribution < 1.29 is 26.3 Å². The minimum absolute atomic E-state index is 0.0688. The molecule has 3 rings (SSSR count). The third kappa shape index (κ3) is 3.83. The fourth-order valence-electron chi connectivity index (χ4n) is 2.54. The van der Waals surface area contributed by atoms with Crippen molar-refractivity contribution in [2.75, 3.05) is 11.4 Å². The summed E-state index contributed by atoms with van der Waals surface area (Å²) in [4.78, 5) is 3.02. The molecule has 0 spiro atoms. The summed E-state index contributed by atoms with van der Waals surface area (Å²) in [6.07, 6.45) is 1.39. The number of sulfonamides is 1. The maximum atomic E-state index is 14.2. The van der Waals surface area contributed by atoms with E-state index in [1.54, 1.807) is 30.5 Å². The highest BCUT2D eigenvalue weighted by Crippen LogP contribution is 2.31. The van der Waals surface area contributed by atoms with E-state index in [1.165, 1.54) is 13.3 Å². The summed E-state index contributed by atoms with van der Waals surface area (Å²) in [6, 6.07) is 5.60. The van der Waals surface area contributed by atoms with Crippen LogP contribution >= 0.6 is 11.3 Å². The zero-order valence-corrected chi connectivity index (χ0v) is 16.5. The van der Waals surface area contributed by atoms with Crippen LogP contribution in [0.2, 0.25) is 0 Å². The van der Waals surface area contributed by atoms with Crippen LogP contribution < -0.4 is 9.04 Å². The van der Waals surface area contributed by atoms with E-state index in [0.717, 1.165) is 21.2 Å². The van der Waals surface area contributed by atoms with E-state index < -0.39 is 32.4 Å². The van der Waals surface area contributed by atoms with E-state index in [2.05, 4.69) is 4.98 Å². The van der Waals surface area contributed by atoms with Crippen molar-refractivity contribution in [3.8, 4) is 5.75 Å². The molecule has 0 radical (unpaired) electrons. The quantitative estimate of drug-likeness (QED) is 0.550. The van der Waals surface area contributed by atoms with Crippen molar-refractivity contribution in [3.63, 3.8) is 0 Å². The Morgan fingerprint density at radius 1 is 1.11 bits per heavy atom. The number of benzene rings is 2. The van der Waals surface area contributed by atoms with Gasteiger partial charge in [0.25, 0.3) is 10.0 Å². The Morgan fingerprint density at radius 3 is 2.43 bits per heavy atom. The first-order chi connectivity index (χ1) is 13.2. The van der Waals surface area contributed by atoms with Crippen LogP contribution in [0.15, 0.2) is 46.8 Å². The predicted octanol–water partition coefficient (Wildman–Crippen LogP) is 4.27. The molecule has 10 heteroatoms. The van der Waals surface area contributed by atoms with Gasteiger partial charge in [-0.2, -0.15) is 0 Å². The molecule has 0 amide bonds. The second kappa shape index (κ2) is 7.80. The number of anilines is 1. The highest BCUT2D eigenvalue weighted by Gasteiger charge is 2.31. The molecule has 0 fully saturated rings. The van der Waals surface area contributed by atoms with E-state index in [-0.39, 0.29) is 17.7 Å². The largest absolute Gasteiger partial charge is 0.497 e. The van der Waals surface area contributed by atoms with Gasteiger partial charge in [-0.1, -0.05) is 6.07 Å². The number of thiazole rings is 1. The molecule has 5 nitrogen and oxygen atoms in total.